The summed E-state index contributed by atoms with van der Waals surface area (Å²) in [5.74, 6) is 2.05. The summed E-state index contributed by atoms with van der Waals surface area (Å²) in [5.41, 5.74) is 0.951. The topological polar surface area (TPSA) is 47.0 Å². The molecule has 1 heterocycles. The zero-order chi connectivity index (χ0) is 11.6. The van der Waals surface area contributed by atoms with E-state index in [9.17, 15) is 0 Å². The van der Waals surface area contributed by atoms with Gasteiger partial charge in [0, 0.05) is 5.88 Å². The Morgan fingerprint density at radius 3 is 2.75 bits per heavy atom. The van der Waals surface area contributed by atoms with Crippen LogP contribution in [0.15, 0.2) is 6.33 Å². The molecule has 0 aliphatic heterocycles. The Morgan fingerprint density at radius 2 is 2.25 bits per heavy atom. The van der Waals surface area contributed by atoms with E-state index in [2.05, 4.69) is 15.3 Å². The molecular weight excluding hydrogens is 226 g/mol. The minimum atomic E-state index is 0.0195. The summed E-state index contributed by atoms with van der Waals surface area (Å²) in [6.45, 7) is 1.95. The minimum absolute atomic E-state index is 0.0195. The van der Waals surface area contributed by atoms with Crippen molar-refractivity contribution in [2.75, 3.05) is 18.3 Å². The molecule has 0 atom stereocenters. The van der Waals surface area contributed by atoms with Gasteiger partial charge in [0.05, 0.1) is 18.2 Å². The van der Waals surface area contributed by atoms with Gasteiger partial charge in [-0.05, 0) is 26.2 Å². The molecule has 0 radical (unpaired) electrons. The van der Waals surface area contributed by atoms with Gasteiger partial charge in [0.2, 0.25) is 5.88 Å². The Morgan fingerprint density at radius 1 is 1.50 bits per heavy atom. The van der Waals surface area contributed by atoms with Gasteiger partial charge in [0.15, 0.2) is 0 Å². The number of aromatic nitrogens is 2. The molecule has 1 fully saturated rings. The van der Waals surface area contributed by atoms with Crippen LogP contribution in [-0.4, -0.2) is 28.5 Å². The number of hydrogen-bond donors (Lipinski definition) is 1. The Kier molecular flexibility index (Phi) is 3.19. The molecule has 4 nitrogen and oxygen atoms in total. The van der Waals surface area contributed by atoms with Gasteiger partial charge in [-0.3, -0.25) is 0 Å². The van der Waals surface area contributed by atoms with Gasteiger partial charge in [-0.2, -0.15) is 0 Å². The molecule has 16 heavy (non-hydrogen) atoms. The van der Waals surface area contributed by atoms with E-state index < -0.39 is 0 Å². The van der Waals surface area contributed by atoms with Crippen LogP contribution >= 0.6 is 11.6 Å². The quantitative estimate of drug-likeness (QED) is 0.823. The van der Waals surface area contributed by atoms with E-state index in [1.807, 2.05) is 6.92 Å². The number of alkyl halides is 1. The lowest BCUT2D eigenvalue weighted by Crippen LogP contribution is -2.47. The number of methoxy groups -OCH3 is 1. The first-order valence-electron chi connectivity index (χ1n) is 5.40. The van der Waals surface area contributed by atoms with E-state index in [-0.39, 0.29) is 5.54 Å². The van der Waals surface area contributed by atoms with Gasteiger partial charge in [0.1, 0.15) is 12.1 Å². The molecule has 1 aromatic heterocycles. The monoisotopic (exact) mass is 241 g/mol. The number of ether oxygens (including phenoxy) is 1. The molecule has 1 aliphatic carbocycles. The molecule has 0 spiro atoms. The summed E-state index contributed by atoms with van der Waals surface area (Å²) in [4.78, 5) is 8.29. The zero-order valence-corrected chi connectivity index (χ0v) is 10.3. The second kappa shape index (κ2) is 4.45. The maximum absolute atomic E-state index is 6.00. The SMILES string of the molecule is COc1ncnc(NC2(CCl)CCC2)c1C. The molecule has 0 unspecified atom stereocenters. The van der Waals surface area contributed by atoms with Crippen molar-refractivity contribution in [3.05, 3.63) is 11.9 Å². The zero-order valence-electron chi connectivity index (χ0n) is 9.59. The van der Waals surface area contributed by atoms with E-state index in [4.69, 9.17) is 16.3 Å². The Bertz CT molecular complexity index is 374. The Balaban J connectivity index is 2.21. The van der Waals surface area contributed by atoms with E-state index >= 15 is 0 Å². The van der Waals surface area contributed by atoms with E-state index in [1.54, 1.807) is 7.11 Å². The van der Waals surface area contributed by atoms with Crippen LogP contribution in [0.1, 0.15) is 24.8 Å². The van der Waals surface area contributed by atoms with Crippen molar-refractivity contribution >= 4 is 17.4 Å². The van der Waals surface area contributed by atoms with Gasteiger partial charge < -0.3 is 10.1 Å². The highest BCUT2D eigenvalue weighted by atomic mass is 35.5. The fraction of sp³-hybridized carbons (Fsp3) is 0.636. The van der Waals surface area contributed by atoms with Gasteiger partial charge in [-0.15, -0.1) is 11.6 Å². The van der Waals surface area contributed by atoms with E-state index in [1.165, 1.54) is 12.7 Å². The van der Waals surface area contributed by atoms with Gasteiger partial charge in [0.25, 0.3) is 0 Å². The molecule has 5 heteroatoms. The molecule has 0 amide bonds. The van der Waals surface area contributed by atoms with Gasteiger partial charge >= 0.3 is 0 Å². The maximum atomic E-state index is 6.00. The third kappa shape index (κ3) is 1.94. The molecule has 88 valence electrons. The number of rotatable bonds is 4. The first-order valence-corrected chi connectivity index (χ1v) is 5.94. The molecular formula is C11H16ClN3O. The highest BCUT2D eigenvalue weighted by molar-refractivity contribution is 6.19. The number of nitrogens with one attached hydrogen (secondary N) is 1. The summed E-state index contributed by atoms with van der Waals surface area (Å²) in [6, 6.07) is 0. The molecule has 0 aromatic carbocycles. The molecule has 1 N–H and O–H groups in total. The summed E-state index contributed by atoms with van der Waals surface area (Å²) in [6.07, 6.45) is 4.93. The highest BCUT2D eigenvalue weighted by Gasteiger charge is 2.36. The average Bonchev–Trinajstić information content (AvgIpc) is 2.25. The largest absolute Gasteiger partial charge is 0.481 e. The molecule has 2 rings (SSSR count). The molecule has 1 aromatic rings. The summed E-state index contributed by atoms with van der Waals surface area (Å²) < 4.78 is 5.16. The predicted molar refractivity (Wildman–Crippen MR) is 64.2 cm³/mol. The van der Waals surface area contributed by atoms with E-state index in [0.29, 0.717) is 11.8 Å². The van der Waals surface area contributed by atoms with Crippen LogP contribution in [0.4, 0.5) is 5.82 Å². The third-order valence-electron chi connectivity index (χ3n) is 3.18. The van der Waals surface area contributed by atoms with Crippen molar-refractivity contribution in [3.8, 4) is 5.88 Å². The number of hydrogen-bond acceptors (Lipinski definition) is 4. The third-order valence-corrected chi connectivity index (χ3v) is 3.69. The van der Waals surface area contributed by atoms with Crippen molar-refractivity contribution in [2.24, 2.45) is 0 Å². The second-order valence-electron chi connectivity index (χ2n) is 4.25. The second-order valence-corrected chi connectivity index (χ2v) is 4.52. The standard InChI is InChI=1S/C11H16ClN3O/c1-8-9(13-7-14-10(8)16-2)15-11(6-12)4-3-5-11/h7H,3-6H2,1-2H3,(H,13,14,15). The number of halogens is 1. The maximum Gasteiger partial charge on any atom is 0.221 e. The predicted octanol–water partition coefficient (Wildman–Crippen LogP) is 2.37. The summed E-state index contributed by atoms with van der Waals surface area (Å²) >= 11 is 6.00. The normalized spacial score (nSPS) is 17.7. The van der Waals surface area contributed by atoms with E-state index in [0.717, 1.165) is 24.2 Å². The van der Waals surface area contributed by atoms with Crippen LogP contribution in [0.25, 0.3) is 0 Å². The highest BCUT2D eigenvalue weighted by Crippen LogP contribution is 2.37. The Hall–Kier alpha value is -1.03. The van der Waals surface area contributed by atoms with Gasteiger partial charge in [-0.1, -0.05) is 0 Å². The first kappa shape index (κ1) is 11.5. The number of anilines is 1. The van der Waals surface area contributed by atoms with Crippen molar-refractivity contribution in [1.29, 1.82) is 0 Å². The number of nitrogens with zero attached hydrogens (tertiary/aromatic N) is 2. The lowest BCUT2D eigenvalue weighted by Gasteiger charge is -2.41. The van der Waals surface area contributed by atoms with Crippen molar-refractivity contribution < 1.29 is 4.74 Å². The summed E-state index contributed by atoms with van der Waals surface area (Å²) in [7, 11) is 1.61. The first-order chi connectivity index (χ1) is 7.71. The molecule has 1 aliphatic rings. The van der Waals surface area contributed by atoms with Gasteiger partial charge in [-0.25, -0.2) is 9.97 Å². The van der Waals surface area contributed by atoms with Crippen molar-refractivity contribution in [2.45, 2.75) is 31.7 Å². The van der Waals surface area contributed by atoms with Crippen LogP contribution in [0.5, 0.6) is 5.88 Å². The van der Waals surface area contributed by atoms with Crippen LogP contribution in [0.3, 0.4) is 0 Å². The van der Waals surface area contributed by atoms with Crippen molar-refractivity contribution in [1.82, 2.24) is 9.97 Å². The fourth-order valence-corrected chi connectivity index (χ4v) is 2.25. The van der Waals surface area contributed by atoms with Crippen molar-refractivity contribution in [3.63, 3.8) is 0 Å². The summed E-state index contributed by atoms with van der Waals surface area (Å²) in [5, 5.41) is 3.42. The lowest BCUT2D eigenvalue weighted by atomic mass is 9.78. The Labute approximate surface area is 100 Å². The fourth-order valence-electron chi connectivity index (χ4n) is 1.91. The molecule has 0 saturated heterocycles. The smallest absolute Gasteiger partial charge is 0.221 e. The average molecular weight is 242 g/mol. The van der Waals surface area contributed by atoms with Crippen LogP contribution in [0, 0.1) is 6.92 Å². The van der Waals surface area contributed by atoms with Crippen LogP contribution in [-0.2, 0) is 0 Å². The van der Waals surface area contributed by atoms with Crippen LogP contribution < -0.4 is 10.1 Å². The minimum Gasteiger partial charge on any atom is -0.481 e. The van der Waals surface area contributed by atoms with Crippen LogP contribution in [0.2, 0.25) is 0 Å². The molecule has 1 saturated carbocycles. The molecule has 0 bridgehead atoms. The lowest BCUT2D eigenvalue weighted by molar-refractivity contribution is 0.309.